The largest absolute Gasteiger partial charge is 0.391 e. The second kappa shape index (κ2) is 9.50. The lowest BCUT2D eigenvalue weighted by atomic mass is 10.00. The third kappa shape index (κ3) is 4.70. The van der Waals surface area contributed by atoms with Crippen molar-refractivity contribution < 1.29 is 14.3 Å². The van der Waals surface area contributed by atoms with E-state index < -0.39 is 6.10 Å². The minimum absolute atomic E-state index is 0.0265. The molecule has 39 heavy (non-hydrogen) atoms. The molecule has 3 heterocycles. The molecule has 3 aliphatic rings. The highest BCUT2D eigenvalue weighted by Crippen LogP contribution is 2.30. The van der Waals surface area contributed by atoms with E-state index in [-0.39, 0.29) is 17.8 Å². The number of β-amino-alcohol motifs (C(OH)–C–C–N with tert-alkyl or cyclic N) is 1. The lowest BCUT2D eigenvalue weighted by Gasteiger charge is -2.24. The number of H-pyrrole nitrogens is 2. The third-order valence-electron chi connectivity index (χ3n) is 8.23. The minimum Gasteiger partial charge on any atom is -0.391 e. The molecule has 1 amide bonds. The Morgan fingerprint density at radius 2 is 1.97 bits per heavy atom. The number of nitrogens with one attached hydrogen (secondary N) is 3. The minimum atomic E-state index is -0.507. The maximum Gasteiger partial charge on any atom is 0.256 e. The van der Waals surface area contributed by atoms with E-state index in [0.29, 0.717) is 31.1 Å². The Bertz CT molecular complexity index is 1710. The summed E-state index contributed by atoms with van der Waals surface area (Å²) in [4.78, 5) is 22.8. The molecule has 0 radical (unpaired) electrons. The molecule has 3 fully saturated rings. The Labute approximate surface area is 226 Å². The molecule has 200 valence electrons. The van der Waals surface area contributed by atoms with Crippen LogP contribution < -0.4 is 15.9 Å². The number of hydrogen-bond donors (Lipinski definition) is 4. The molecule has 1 saturated heterocycles. The predicted octanol–water partition coefficient (Wildman–Crippen LogP) is 3.71. The first-order valence-electron chi connectivity index (χ1n) is 14.0. The van der Waals surface area contributed by atoms with Gasteiger partial charge >= 0.3 is 0 Å². The molecule has 7 rings (SSSR count). The summed E-state index contributed by atoms with van der Waals surface area (Å²) in [5, 5.41) is 17.1. The summed E-state index contributed by atoms with van der Waals surface area (Å²) in [7, 11) is 0. The zero-order chi connectivity index (χ0) is 26.7. The fourth-order valence-corrected chi connectivity index (χ4v) is 6.03. The Hall–Kier alpha value is -3.68. The summed E-state index contributed by atoms with van der Waals surface area (Å²) in [5.41, 5.74) is 6.38. The fourth-order valence-electron chi connectivity index (χ4n) is 6.03. The van der Waals surface area contributed by atoms with Gasteiger partial charge in [0.05, 0.1) is 17.4 Å². The highest BCUT2D eigenvalue weighted by atomic mass is 19.1. The van der Waals surface area contributed by atoms with Gasteiger partial charge in [-0.15, -0.1) is 0 Å². The number of rotatable bonds is 6. The van der Waals surface area contributed by atoms with Gasteiger partial charge in [-0.2, -0.15) is 0 Å². The van der Waals surface area contributed by atoms with Gasteiger partial charge in [-0.25, -0.2) is 4.39 Å². The Morgan fingerprint density at radius 1 is 1.15 bits per heavy atom. The zero-order valence-corrected chi connectivity index (χ0v) is 22.1. The van der Waals surface area contributed by atoms with E-state index >= 15 is 0 Å². The van der Waals surface area contributed by atoms with Gasteiger partial charge < -0.3 is 25.3 Å². The van der Waals surface area contributed by atoms with Crippen molar-refractivity contribution in [3.05, 3.63) is 81.9 Å². The van der Waals surface area contributed by atoms with Gasteiger partial charge in [-0.05, 0) is 86.1 Å². The number of carbonyl (C=O) groups excluding carboxylic acids is 1. The lowest BCUT2D eigenvalue weighted by molar-refractivity contribution is 0.0715. The first-order chi connectivity index (χ1) is 18.9. The monoisotopic (exact) mass is 524 g/mol. The van der Waals surface area contributed by atoms with Crippen molar-refractivity contribution in [1.82, 2.24) is 20.2 Å². The number of amides is 1. The van der Waals surface area contributed by atoms with E-state index in [9.17, 15) is 14.3 Å². The van der Waals surface area contributed by atoms with Crippen LogP contribution in [0.5, 0.6) is 0 Å². The molecular weight excluding hydrogens is 491 g/mol. The molecular formula is C32H33FN4O2. The van der Waals surface area contributed by atoms with E-state index in [2.05, 4.69) is 27.4 Å². The van der Waals surface area contributed by atoms with Crippen LogP contribution in [0.15, 0.2) is 48.5 Å². The average Bonchev–Trinajstić information content (AvgIpc) is 3.84. The number of aromatic amines is 2. The van der Waals surface area contributed by atoms with Gasteiger partial charge in [-0.3, -0.25) is 4.79 Å². The van der Waals surface area contributed by atoms with Gasteiger partial charge in [0.1, 0.15) is 5.82 Å². The van der Waals surface area contributed by atoms with Crippen LogP contribution >= 0.6 is 0 Å². The number of benzene rings is 2. The van der Waals surface area contributed by atoms with Crippen LogP contribution in [-0.2, 0) is 0 Å². The molecule has 2 atom stereocenters. The normalized spacial score (nSPS) is 21.4. The predicted molar refractivity (Wildman–Crippen MR) is 151 cm³/mol. The molecule has 1 aliphatic heterocycles. The highest BCUT2D eigenvalue weighted by molar-refractivity contribution is 6.00. The molecule has 4 aromatic rings. The Balaban J connectivity index is 1.36. The van der Waals surface area contributed by atoms with E-state index in [1.54, 1.807) is 12.1 Å². The van der Waals surface area contributed by atoms with Crippen LogP contribution in [-0.4, -0.2) is 57.2 Å². The van der Waals surface area contributed by atoms with Crippen molar-refractivity contribution in [2.24, 2.45) is 0 Å². The van der Waals surface area contributed by atoms with E-state index in [1.165, 1.54) is 24.5 Å². The first kappa shape index (κ1) is 24.4. The zero-order valence-electron chi connectivity index (χ0n) is 22.1. The Kier molecular flexibility index (Phi) is 5.94. The Morgan fingerprint density at radius 3 is 2.74 bits per heavy atom. The number of fused-ring (bicyclic) bond motifs is 1. The second-order valence-corrected chi connectivity index (χ2v) is 11.4. The molecule has 0 spiro atoms. The number of aromatic nitrogens is 2. The number of hydrogen-bond acceptors (Lipinski definition) is 3. The smallest absolute Gasteiger partial charge is 0.256 e. The maximum atomic E-state index is 14.2. The topological polar surface area (TPSA) is 84.2 Å². The maximum absolute atomic E-state index is 14.2. The van der Waals surface area contributed by atoms with E-state index in [0.717, 1.165) is 56.8 Å². The number of likely N-dealkylation sites (tertiary alicyclic amines) is 1. The highest BCUT2D eigenvalue weighted by Gasteiger charge is 2.36. The molecule has 7 heteroatoms. The first-order valence-corrected chi connectivity index (χ1v) is 14.0. The van der Waals surface area contributed by atoms with Crippen molar-refractivity contribution in [3.8, 4) is 11.1 Å². The van der Waals surface area contributed by atoms with Crippen LogP contribution in [0.4, 0.5) is 4.39 Å². The van der Waals surface area contributed by atoms with Crippen LogP contribution in [0.25, 0.3) is 33.7 Å². The van der Waals surface area contributed by atoms with Gasteiger partial charge in [0.2, 0.25) is 0 Å². The van der Waals surface area contributed by atoms with Gasteiger partial charge in [0.15, 0.2) is 0 Å². The number of nitrogens with zero attached hydrogens (tertiary/aromatic N) is 1. The summed E-state index contributed by atoms with van der Waals surface area (Å²) < 4.78 is 14.2. The van der Waals surface area contributed by atoms with Crippen LogP contribution in [0, 0.1) is 12.7 Å². The van der Waals surface area contributed by atoms with Crippen molar-refractivity contribution in [2.75, 3.05) is 13.1 Å². The summed E-state index contributed by atoms with van der Waals surface area (Å²) >= 11 is 0. The van der Waals surface area contributed by atoms with Crippen molar-refractivity contribution in [2.45, 2.75) is 57.2 Å². The number of carbonyl (C=O) groups is 1. The third-order valence-corrected chi connectivity index (χ3v) is 8.23. The molecule has 0 bridgehead atoms. The standard InChI is InChI=1S/C32H33FN4O2/c1-18-12-26(32(39)37-17-24(38)14-23(37)16-34-22-10-11-22)29(35-18)15-27-30-25(20-4-2-5-21(33)13-20)6-3-7-28(30)36-31(27)19-8-9-19/h2-7,12-13,15,22-24,34-36,38H,8-11,14,16-17H2,1H3/b27-15-/t23-,24-/m1/s1. The second-order valence-electron chi connectivity index (χ2n) is 11.4. The molecule has 2 aromatic carbocycles. The summed E-state index contributed by atoms with van der Waals surface area (Å²) in [5.74, 6) is -0.329. The van der Waals surface area contributed by atoms with Gasteiger partial charge in [0, 0.05) is 52.3 Å². The molecule has 0 unspecified atom stereocenters. The van der Waals surface area contributed by atoms with E-state index in [4.69, 9.17) is 0 Å². The number of aryl methyl sites for hydroxylation is 1. The lowest BCUT2D eigenvalue weighted by Crippen LogP contribution is -2.42. The van der Waals surface area contributed by atoms with E-state index in [1.807, 2.05) is 36.1 Å². The van der Waals surface area contributed by atoms with Gasteiger partial charge in [-0.1, -0.05) is 24.3 Å². The fraction of sp³-hybridized carbons (Fsp3) is 0.344. The van der Waals surface area contributed by atoms with Crippen molar-refractivity contribution in [3.63, 3.8) is 0 Å². The quantitative estimate of drug-likeness (QED) is 0.310. The molecule has 6 nitrogen and oxygen atoms in total. The van der Waals surface area contributed by atoms with Crippen LogP contribution in [0.2, 0.25) is 0 Å². The molecule has 2 aliphatic carbocycles. The summed E-state index contributed by atoms with van der Waals surface area (Å²) in [6.07, 6.45) is 6.61. The van der Waals surface area contributed by atoms with Crippen LogP contribution in [0.3, 0.4) is 0 Å². The number of aliphatic hydroxyl groups excluding tert-OH is 1. The molecule has 2 saturated carbocycles. The number of halogens is 1. The van der Waals surface area contributed by atoms with Gasteiger partial charge in [0.25, 0.3) is 5.91 Å². The average molecular weight is 525 g/mol. The van der Waals surface area contributed by atoms with Crippen molar-refractivity contribution in [1.29, 1.82) is 0 Å². The van der Waals surface area contributed by atoms with Crippen LogP contribution in [0.1, 0.15) is 53.8 Å². The number of aliphatic hydroxyl groups is 1. The summed E-state index contributed by atoms with van der Waals surface area (Å²) in [6.45, 7) is 3.01. The SMILES string of the molecule is Cc1cc(C(=O)N2C[C@H](O)C[C@@H]2CNC2CC2)c(/C=c2\c(=C3CC3)[nH]c3cccc(-c4cccc(F)c4)c23)[nH]1. The van der Waals surface area contributed by atoms with Crippen molar-refractivity contribution >= 4 is 28.5 Å². The molecule has 4 N–H and O–H groups in total. The molecule has 2 aromatic heterocycles. The summed E-state index contributed by atoms with van der Waals surface area (Å²) in [6, 6.07) is 15.2.